The second-order valence-electron chi connectivity index (χ2n) is 10.8. The molecule has 2 aromatic carbocycles. The van der Waals surface area contributed by atoms with Crippen LogP contribution in [0.1, 0.15) is 38.2 Å². The van der Waals surface area contributed by atoms with Crippen LogP contribution in [-0.2, 0) is 20.7 Å². The number of piperazine rings is 1. The van der Waals surface area contributed by atoms with Gasteiger partial charge in [-0.2, -0.15) is 0 Å². The summed E-state index contributed by atoms with van der Waals surface area (Å²) in [4.78, 5) is 48.9. The topological polar surface area (TPSA) is 95.1 Å². The number of carbonyl (C=O) groups excluding carboxylic acids is 3. The van der Waals surface area contributed by atoms with Gasteiger partial charge in [-0.15, -0.1) is 0 Å². The summed E-state index contributed by atoms with van der Waals surface area (Å²) in [6.45, 7) is 6.08. The summed E-state index contributed by atoms with van der Waals surface area (Å²) in [5, 5.41) is 4.50. The summed E-state index contributed by atoms with van der Waals surface area (Å²) < 4.78 is 19.4. The Labute approximate surface area is 256 Å². The molecule has 1 fully saturated rings. The molecular weight excluding hydrogens is 573 g/mol. The Morgan fingerprint density at radius 1 is 1.07 bits per heavy atom. The number of hydrogen-bond donors (Lipinski definition) is 1. The van der Waals surface area contributed by atoms with Gasteiger partial charge >= 0.3 is 6.09 Å². The minimum Gasteiger partial charge on any atom is -0.447 e. The number of ether oxygens (including phenoxy) is 1. The first kappa shape index (κ1) is 32.2. The SMILES string of the molecule is CCCN1CCN(C(=O)CC[C@@H](COC(=O)Nc2cc3ccccc3cn2)N(C)C(=O)CCc2cccc(F)c2Cl)CC1. The molecule has 1 atom stereocenters. The lowest BCUT2D eigenvalue weighted by atomic mass is 10.1. The number of amides is 3. The maximum atomic E-state index is 13.9. The van der Waals surface area contributed by atoms with E-state index in [0.29, 0.717) is 30.9 Å². The third-order valence-electron chi connectivity index (χ3n) is 7.81. The Morgan fingerprint density at radius 3 is 2.56 bits per heavy atom. The number of likely N-dealkylation sites (N-methyl/N-ethyl adjacent to an activating group) is 1. The third-order valence-corrected chi connectivity index (χ3v) is 8.23. The summed E-state index contributed by atoms with van der Waals surface area (Å²) in [6, 6.07) is 13.4. The number of rotatable bonds is 12. The number of nitrogens with zero attached hydrogens (tertiary/aromatic N) is 4. The lowest BCUT2D eigenvalue weighted by Crippen LogP contribution is -2.49. The number of aromatic nitrogens is 1. The number of nitrogens with one attached hydrogen (secondary N) is 1. The Bertz CT molecular complexity index is 1420. The molecule has 3 amide bonds. The van der Waals surface area contributed by atoms with Crippen molar-refractivity contribution < 1.29 is 23.5 Å². The third kappa shape index (κ3) is 9.11. The Balaban J connectivity index is 1.36. The highest BCUT2D eigenvalue weighted by Gasteiger charge is 2.26. The first-order chi connectivity index (χ1) is 20.7. The fourth-order valence-corrected chi connectivity index (χ4v) is 5.42. The molecule has 43 heavy (non-hydrogen) atoms. The highest BCUT2D eigenvalue weighted by atomic mass is 35.5. The van der Waals surface area contributed by atoms with Crippen molar-refractivity contribution in [2.75, 3.05) is 51.7 Å². The van der Waals surface area contributed by atoms with Crippen molar-refractivity contribution in [3.63, 3.8) is 0 Å². The van der Waals surface area contributed by atoms with Gasteiger partial charge in [0.1, 0.15) is 18.2 Å². The van der Waals surface area contributed by atoms with Gasteiger partial charge in [0.15, 0.2) is 0 Å². The molecule has 1 aliphatic heterocycles. The van der Waals surface area contributed by atoms with E-state index < -0.39 is 18.0 Å². The molecule has 1 aromatic heterocycles. The summed E-state index contributed by atoms with van der Waals surface area (Å²) in [5.41, 5.74) is 0.538. The van der Waals surface area contributed by atoms with Crippen LogP contribution in [0.3, 0.4) is 0 Å². The molecule has 4 rings (SSSR count). The van der Waals surface area contributed by atoms with Crippen LogP contribution in [0.25, 0.3) is 10.8 Å². The normalized spacial score (nSPS) is 14.4. The molecule has 2 heterocycles. The minimum atomic E-state index is -0.710. The Kier molecular flexibility index (Phi) is 11.7. The maximum absolute atomic E-state index is 13.9. The highest BCUT2D eigenvalue weighted by Crippen LogP contribution is 2.22. The number of pyridine rings is 1. The van der Waals surface area contributed by atoms with E-state index in [2.05, 4.69) is 22.1 Å². The molecule has 11 heteroatoms. The molecule has 230 valence electrons. The van der Waals surface area contributed by atoms with Gasteiger partial charge in [0, 0.05) is 57.7 Å². The zero-order chi connectivity index (χ0) is 30.8. The summed E-state index contributed by atoms with van der Waals surface area (Å²) in [6.07, 6.45) is 2.89. The molecule has 0 unspecified atom stereocenters. The zero-order valence-corrected chi connectivity index (χ0v) is 25.5. The smallest absolute Gasteiger partial charge is 0.412 e. The van der Waals surface area contributed by atoms with Crippen molar-refractivity contribution in [3.8, 4) is 0 Å². The summed E-state index contributed by atoms with van der Waals surface area (Å²) in [7, 11) is 1.63. The van der Waals surface area contributed by atoms with E-state index in [4.69, 9.17) is 16.3 Å². The number of benzene rings is 2. The minimum absolute atomic E-state index is 0.00133. The summed E-state index contributed by atoms with van der Waals surface area (Å²) in [5.74, 6) is -0.411. The van der Waals surface area contributed by atoms with Crippen LogP contribution >= 0.6 is 11.6 Å². The molecule has 0 radical (unpaired) electrons. The first-order valence-corrected chi connectivity index (χ1v) is 15.1. The van der Waals surface area contributed by atoms with Crippen LogP contribution in [0.15, 0.2) is 54.7 Å². The first-order valence-electron chi connectivity index (χ1n) is 14.7. The molecule has 1 N–H and O–H groups in total. The maximum Gasteiger partial charge on any atom is 0.412 e. The van der Waals surface area contributed by atoms with Gasteiger partial charge in [-0.05, 0) is 48.9 Å². The van der Waals surface area contributed by atoms with Crippen molar-refractivity contribution in [2.24, 2.45) is 0 Å². The van der Waals surface area contributed by atoms with Crippen LogP contribution in [0, 0.1) is 5.82 Å². The van der Waals surface area contributed by atoms with Gasteiger partial charge in [0.25, 0.3) is 0 Å². The summed E-state index contributed by atoms with van der Waals surface area (Å²) >= 11 is 6.07. The number of fused-ring (bicyclic) bond motifs is 1. The van der Waals surface area contributed by atoms with E-state index >= 15 is 0 Å². The number of carbonyl (C=O) groups is 3. The van der Waals surface area contributed by atoms with Crippen LogP contribution in [0.5, 0.6) is 0 Å². The monoisotopic (exact) mass is 611 g/mol. The van der Waals surface area contributed by atoms with Crippen LogP contribution in [0.2, 0.25) is 5.02 Å². The Morgan fingerprint density at radius 2 is 1.81 bits per heavy atom. The van der Waals surface area contributed by atoms with Crippen molar-refractivity contribution >= 4 is 46.1 Å². The van der Waals surface area contributed by atoms with E-state index in [0.717, 1.165) is 36.8 Å². The fraction of sp³-hybridized carbons (Fsp3) is 0.438. The van der Waals surface area contributed by atoms with Gasteiger partial charge in [0.05, 0.1) is 11.1 Å². The lowest BCUT2D eigenvalue weighted by Gasteiger charge is -2.35. The molecule has 0 aliphatic carbocycles. The largest absolute Gasteiger partial charge is 0.447 e. The van der Waals surface area contributed by atoms with E-state index in [-0.39, 0.29) is 42.7 Å². The second-order valence-corrected chi connectivity index (χ2v) is 11.2. The van der Waals surface area contributed by atoms with Crippen molar-refractivity contribution in [1.29, 1.82) is 0 Å². The number of halogens is 2. The standard InChI is InChI=1S/C32H39ClFN5O4/c1-3-15-38-16-18-39(19-17-38)30(41)14-12-26(37(2)29(40)13-11-23-9-6-10-27(34)31(23)33)22-43-32(42)36-28-20-24-7-4-5-8-25(24)21-35-28/h4-10,20-21,26H,3,11-19,22H2,1-2H3,(H,35,36,42)/t26-/m0/s1. The predicted molar refractivity (Wildman–Crippen MR) is 166 cm³/mol. The molecule has 1 aliphatic rings. The Hall–Kier alpha value is -3.76. The van der Waals surface area contributed by atoms with Crippen molar-refractivity contribution in [2.45, 2.75) is 45.1 Å². The zero-order valence-electron chi connectivity index (χ0n) is 24.7. The number of hydrogen-bond acceptors (Lipinski definition) is 6. The van der Waals surface area contributed by atoms with Gasteiger partial charge in [-0.3, -0.25) is 19.8 Å². The van der Waals surface area contributed by atoms with E-state index in [9.17, 15) is 18.8 Å². The molecule has 0 spiro atoms. The lowest BCUT2D eigenvalue weighted by molar-refractivity contribution is -0.136. The molecule has 9 nitrogen and oxygen atoms in total. The highest BCUT2D eigenvalue weighted by molar-refractivity contribution is 6.31. The molecule has 0 bridgehead atoms. The van der Waals surface area contributed by atoms with Gasteiger partial charge < -0.3 is 14.5 Å². The second kappa shape index (κ2) is 15.6. The van der Waals surface area contributed by atoms with Crippen LogP contribution in [0.4, 0.5) is 15.0 Å². The fourth-order valence-electron chi connectivity index (χ4n) is 5.20. The van der Waals surface area contributed by atoms with Crippen molar-refractivity contribution in [1.82, 2.24) is 19.7 Å². The molecule has 0 saturated carbocycles. The average molecular weight is 612 g/mol. The van der Waals surface area contributed by atoms with Gasteiger partial charge in [0.2, 0.25) is 11.8 Å². The van der Waals surface area contributed by atoms with E-state index in [1.807, 2.05) is 29.2 Å². The van der Waals surface area contributed by atoms with Crippen LogP contribution < -0.4 is 5.32 Å². The molecular formula is C32H39ClFN5O4. The van der Waals surface area contributed by atoms with E-state index in [1.54, 1.807) is 31.4 Å². The quantitative estimate of drug-likeness (QED) is 0.296. The average Bonchev–Trinajstić information content (AvgIpc) is 3.01. The predicted octanol–water partition coefficient (Wildman–Crippen LogP) is 5.37. The van der Waals surface area contributed by atoms with Gasteiger partial charge in [-0.1, -0.05) is 54.9 Å². The number of anilines is 1. The molecule has 1 saturated heterocycles. The molecule has 3 aromatic rings. The van der Waals surface area contributed by atoms with Crippen LogP contribution in [-0.4, -0.2) is 90.0 Å². The van der Waals surface area contributed by atoms with E-state index in [1.165, 1.54) is 11.0 Å². The number of aryl methyl sites for hydroxylation is 1. The van der Waals surface area contributed by atoms with Gasteiger partial charge in [-0.25, -0.2) is 14.2 Å². The van der Waals surface area contributed by atoms with Crippen molar-refractivity contribution in [3.05, 3.63) is 71.1 Å².